The first-order valence-corrected chi connectivity index (χ1v) is 6.69. The summed E-state index contributed by atoms with van der Waals surface area (Å²) >= 11 is 0. The van der Waals surface area contributed by atoms with E-state index in [2.05, 4.69) is 26.1 Å². The fourth-order valence-corrected chi connectivity index (χ4v) is 1.85. The Balaban J connectivity index is 2.99. The van der Waals surface area contributed by atoms with Crippen LogP contribution in [0.15, 0.2) is 24.3 Å². The molecule has 1 rings (SSSR count). The highest BCUT2D eigenvalue weighted by atomic mass is 16.2. The van der Waals surface area contributed by atoms with Crippen LogP contribution in [0.2, 0.25) is 0 Å². The van der Waals surface area contributed by atoms with Crippen LogP contribution in [0.25, 0.3) is 0 Å². The van der Waals surface area contributed by atoms with Crippen LogP contribution < -0.4 is 11.1 Å². The Morgan fingerprint density at radius 1 is 1.11 bits per heavy atom. The van der Waals surface area contributed by atoms with Crippen molar-refractivity contribution in [3.05, 3.63) is 29.8 Å². The molecular formula is C16H26N2O. The normalized spacial score (nSPS) is 14.1. The van der Waals surface area contributed by atoms with Gasteiger partial charge in [0.1, 0.15) is 0 Å². The van der Waals surface area contributed by atoms with Crippen molar-refractivity contribution >= 4 is 11.6 Å². The molecule has 1 atom stereocenters. The Bertz CT molecular complexity index is 453. The summed E-state index contributed by atoms with van der Waals surface area (Å²) in [6.07, 6.45) is 0. The highest BCUT2D eigenvalue weighted by Crippen LogP contribution is 2.29. The van der Waals surface area contributed by atoms with Crippen molar-refractivity contribution in [1.82, 2.24) is 0 Å². The minimum Gasteiger partial charge on any atom is -0.324 e. The lowest BCUT2D eigenvalue weighted by Crippen LogP contribution is -2.45. The maximum Gasteiger partial charge on any atom is 0.241 e. The van der Waals surface area contributed by atoms with Gasteiger partial charge in [-0.3, -0.25) is 4.79 Å². The molecular weight excluding hydrogens is 236 g/mol. The minimum absolute atomic E-state index is 0.0182. The minimum atomic E-state index is -0.527. The van der Waals surface area contributed by atoms with E-state index >= 15 is 0 Å². The van der Waals surface area contributed by atoms with Crippen LogP contribution in [-0.4, -0.2) is 11.9 Å². The van der Waals surface area contributed by atoms with Gasteiger partial charge in [-0.1, -0.05) is 59.7 Å². The molecule has 0 saturated carbocycles. The number of carbonyl (C=O) groups excluding carboxylic acids is 1. The molecule has 1 amide bonds. The lowest BCUT2D eigenvalue weighted by Gasteiger charge is -2.28. The summed E-state index contributed by atoms with van der Waals surface area (Å²) < 4.78 is 0. The van der Waals surface area contributed by atoms with Gasteiger partial charge >= 0.3 is 0 Å². The van der Waals surface area contributed by atoms with E-state index in [1.165, 1.54) is 0 Å². The van der Waals surface area contributed by atoms with Gasteiger partial charge in [0.15, 0.2) is 0 Å². The van der Waals surface area contributed by atoms with E-state index in [-0.39, 0.29) is 16.7 Å². The van der Waals surface area contributed by atoms with Crippen LogP contribution in [-0.2, 0) is 10.2 Å². The molecule has 0 aromatic heterocycles. The quantitative estimate of drug-likeness (QED) is 0.859. The smallest absolute Gasteiger partial charge is 0.241 e. The predicted octanol–water partition coefficient (Wildman–Crippen LogP) is 3.30. The van der Waals surface area contributed by atoms with Gasteiger partial charge in [-0.15, -0.1) is 0 Å². The summed E-state index contributed by atoms with van der Waals surface area (Å²) in [5.74, 6) is -0.135. The average molecular weight is 262 g/mol. The molecule has 3 heteroatoms. The highest BCUT2D eigenvalue weighted by molar-refractivity contribution is 5.96. The van der Waals surface area contributed by atoms with Crippen molar-refractivity contribution in [2.45, 2.75) is 53.0 Å². The molecule has 106 valence electrons. The first-order valence-electron chi connectivity index (χ1n) is 6.69. The van der Waals surface area contributed by atoms with Crippen LogP contribution in [0.3, 0.4) is 0 Å². The Morgan fingerprint density at radius 2 is 1.63 bits per heavy atom. The second-order valence-electron chi connectivity index (χ2n) is 7.13. The van der Waals surface area contributed by atoms with Gasteiger partial charge in [-0.05, 0) is 22.5 Å². The number of nitrogens with one attached hydrogen (secondary N) is 1. The Labute approximate surface area is 116 Å². The molecule has 0 fully saturated rings. The number of nitrogens with two attached hydrogens (primary N) is 1. The van der Waals surface area contributed by atoms with Crippen molar-refractivity contribution in [1.29, 1.82) is 0 Å². The maximum absolute atomic E-state index is 12.2. The molecule has 3 nitrogen and oxygen atoms in total. The molecule has 0 spiro atoms. The Kier molecular flexibility index (Phi) is 4.41. The van der Waals surface area contributed by atoms with Gasteiger partial charge in [-0.2, -0.15) is 0 Å². The van der Waals surface area contributed by atoms with E-state index in [1.807, 2.05) is 45.0 Å². The fraction of sp³-hybridized carbons (Fsp3) is 0.562. The van der Waals surface area contributed by atoms with Crippen LogP contribution in [0.5, 0.6) is 0 Å². The van der Waals surface area contributed by atoms with Crippen LogP contribution in [0.1, 0.15) is 47.1 Å². The number of hydrogen-bond donors (Lipinski definition) is 2. The second kappa shape index (κ2) is 5.33. The van der Waals surface area contributed by atoms with Crippen molar-refractivity contribution in [3.8, 4) is 0 Å². The molecule has 0 aliphatic rings. The Morgan fingerprint density at radius 3 is 2.11 bits per heavy atom. The third kappa shape index (κ3) is 4.06. The number of carbonyl (C=O) groups is 1. The summed E-state index contributed by atoms with van der Waals surface area (Å²) in [4.78, 5) is 12.2. The van der Waals surface area contributed by atoms with Crippen molar-refractivity contribution < 1.29 is 4.79 Å². The number of amides is 1. The summed E-state index contributed by atoms with van der Waals surface area (Å²) in [5.41, 5.74) is 7.68. The van der Waals surface area contributed by atoms with Crippen molar-refractivity contribution in [3.63, 3.8) is 0 Å². The molecule has 3 N–H and O–H groups in total. The number of hydrogen-bond acceptors (Lipinski definition) is 2. The fourth-order valence-electron chi connectivity index (χ4n) is 1.85. The van der Waals surface area contributed by atoms with E-state index in [1.54, 1.807) is 0 Å². The topological polar surface area (TPSA) is 55.1 Å². The molecule has 0 radical (unpaired) electrons. The van der Waals surface area contributed by atoms with E-state index in [9.17, 15) is 4.79 Å². The van der Waals surface area contributed by atoms with Gasteiger partial charge in [0.2, 0.25) is 5.91 Å². The molecule has 0 heterocycles. The summed E-state index contributed by atoms with van der Waals surface area (Å²) in [5, 5.41) is 2.96. The monoisotopic (exact) mass is 262 g/mol. The molecule has 1 aromatic rings. The molecule has 0 bridgehead atoms. The molecule has 0 aliphatic carbocycles. The summed E-state index contributed by atoms with van der Waals surface area (Å²) in [6, 6.07) is 7.35. The molecule has 1 unspecified atom stereocenters. The van der Waals surface area contributed by atoms with Gasteiger partial charge in [0.05, 0.1) is 6.04 Å². The largest absolute Gasteiger partial charge is 0.324 e. The third-order valence-corrected chi connectivity index (χ3v) is 3.21. The van der Waals surface area contributed by atoms with E-state index in [0.717, 1.165) is 11.3 Å². The van der Waals surface area contributed by atoms with Crippen LogP contribution in [0, 0.1) is 5.41 Å². The number of anilines is 1. The van der Waals surface area contributed by atoms with Crippen LogP contribution in [0.4, 0.5) is 5.69 Å². The van der Waals surface area contributed by atoms with Crippen LogP contribution >= 0.6 is 0 Å². The SMILES string of the molecule is CC(C)(C)c1ccccc1NC(=O)C(N)C(C)(C)C. The Hall–Kier alpha value is -1.35. The van der Waals surface area contributed by atoms with Gasteiger partial charge < -0.3 is 11.1 Å². The number of para-hydroxylation sites is 1. The summed E-state index contributed by atoms with van der Waals surface area (Å²) in [6.45, 7) is 12.3. The second-order valence-corrected chi connectivity index (χ2v) is 7.13. The third-order valence-electron chi connectivity index (χ3n) is 3.21. The van der Waals surface area contributed by atoms with E-state index in [0.29, 0.717) is 0 Å². The standard InChI is InChI=1S/C16H26N2O/c1-15(2,3)11-9-7-8-10-12(11)18-14(19)13(17)16(4,5)6/h7-10,13H,17H2,1-6H3,(H,18,19). The average Bonchev–Trinajstić information content (AvgIpc) is 2.26. The highest BCUT2D eigenvalue weighted by Gasteiger charge is 2.28. The zero-order valence-corrected chi connectivity index (χ0v) is 12.9. The summed E-state index contributed by atoms with van der Waals surface area (Å²) in [7, 11) is 0. The molecule has 19 heavy (non-hydrogen) atoms. The lowest BCUT2D eigenvalue weighted by atomic mass is 9.85. The lowest BCUT2D eigenvalue weighted by molar-refractivity contribution is -0.119. The first-order chi connectivity index (χ1) is 8.53. The first kappa shape index (κ1) is 15.7. The molecule has 0 saturated heterocycles. The zero-order valence-electron chi connectivity index (χ0n) is 12.9. The predicted molar refractivity (Wildman–Crippen MR) is 81.2 cm³/mol. The van der Waals surface area contributed by atoms with E-state index < -0.39 is 6.04 Å². The maximum atomic E-state index is 12.2. The van der Waals surface area contributed by atoms with Gasteiger partial charge in [-0.25, -0.2) is 0 Å². The molecule has 0 aliphatic heterocycles. The van der Waals surface area contributed by atoms with Crippen molar-refractivity contribution in [2.24, 2.45) is 11.1 Å². The number of rotatable bonds is 2. The van der Waals surface area contributed by atoms with Crippen molar-refractivity contribution in [2.75, 3.05) is 5.32 Å². The molecule has 1 aromatic carbocycles. The number of benzene rings is 1. The van der Waals surface area contributed by atoms with Gasteiger partial charge in [0.25, 0.3) is 0 Å². The van der Waals surface area contributed by atoms with Gasteiger partial charge in [0, 0.05) is 5.69 Å². The zero-order chi connectivity index (χ0) is 14.8. The van der Waals surface area contributed by atoms with E-state index in [4.69, 9.17) is 5.73 Å².